The molecule has 4 heteroatoms. The predicted octanol–water partition coefficient (Wildman–Crippen LogP) is 0.850. The molecule has 0 aromatic heterocycles. The maximum atomic E-state index is 11.8. The molecule has 0 aromatic carbocycles. The number of nitrogens with zero attached hydrogens (tertiary/aromatic N) is 1. The third kappa shape index (κ3) is 4.64. The lowest BCUT2D eigenvalue weighted by Gasteiger charge is -2.22. The van der Waals surface area contributed by atoms with Crippen molar-refractivity contribution in [3.8, 4) is 0 Å². The fourth-order valence-corrected chi connectivity index (χ4v) is 2.12. The molecule has 1 fully saturated rings. The summed E-state index contributed by atoms with van der Waals surface area (Å²) in [6.45, 7) is 10.2. The van der Waals surface area contributed by atoms with Gasteiger partial charge in [-0.15, -0.1) is 0 Å². The lowest BCUT2D eigenvalue weighted by molar-refractivity contribution is -0.128. The third-order valence-corrected chi connectivity index (χ3v) is 3.38. The van der Waals surface area contributed by atoms with E-state index >= 15 is 0 Å². The van der Waals surface area contributed by atoms with Crippen LogP contribution in [0.1, 0.15) is 34.1 Å². The van der Waals surface area contributed by atoms with E-state index in [1.807, 2.05) is 13.8 Å². The molecule has 0 aliphatic carbocycles. The highest BCUT2D eigenvalue weighted by Crippen LogP contribution is 2.24. The van der Waals surface area contributed by atoms with Gasteiger partial charge in [-0.3, -0.25) is 4.79 Å². The number of β-amino-alcohol motifs (C(OH)–C–C–N with tert-alkyl or cyclic N) is 1. The summed E-state index contributed by atoms with van der Waals surface area (Å²) in [6, 6.07) is 0.363. The van der Waals surface area contributed by atoms with Gasteiger partial charge in [-0.1, -0.05) is 27.7 Å². The molecule has 0 radical (unpaired) electrons. The van der Waals surface area contributed by atoms with Crippen LogP contribution in [0.15, 0.2) is 0 Å². The van der Waals surface area contributed by atoms with Crippen molar-refractivity contribution in [2.75, 3.05) is 19.6 Å². The Balaban J connectivity index is 2.34. The normalized spacial score (nSPS) is 22.9. The van der Waals surface area contributed by atoms with E-state index in [1.54, 1.807) is 4.90 Å². The van der Waals surface area contributed by atoms with Crippen LogP contribution in [0, 0.1) is 11.8 Å². The maximum absolute atomic E-state index is 11.8. The highest BCUT2D eigenvalue weighted by atomic mass is 16.3. The molecule has 0 bridgehead atoms. The van der Waals surface area contributed by atoms with Crippen molar-refractivity contribution in [3.63, 3.8) is 0 Å². The molecular formula is C13H26N2O2. The number of amides is 1. The average molecular weight is 242 g/mol. The van der Waals surface area contributed by atoms with E-state index in [-0.39, 0.29) is 5.91 Å². The topological polar surface area (TPSA) is 52.6 Å². The molecule has 1 amide bonds. The number of rotatable bonds is 6. The Labute approximate surface area is 104 Å². The summed E-state index contributed by atoms with van der Waals surface area (Å²) >= 11 is 0. The molecule has 1 aliphatic heterocycles. The van der Waals surface area contributed by atoms with Crippen LogP contribution >= 0.6 is 0 Å². The number of nitrogens with one attached hydrogen (secondary N) is 1. The Morgan fingerprint density at radius 2 is 2.06 bits per heavy atom. The first kappa shape index (κ1) is 14.5. The lowest BCUT2D eigenvalue weighted by Crippen LogP contribution is -2.40. The van der Waals surface area contributed by atoms with Crippen LogP contribution in [0.25, 0.3) is 0 Å². The fourth-order valence-electron chi connectivity index (χ4n) is 2.12. The second kappa shape index (κ2) is 6.36. The second-order valence-corrected chi connectivity index (χ2v) is 5.72. The van der Waals surface area contributed by atoms with Crippen LogP contribution in [-0.2, 0) is 4.79 Å². The van der Waals surface area contributed by atoms with Gasteiger partial charge in [-0.05, 0) is 11.8 Å². The molecule has 2 atom stereocenters. The first-order valence-electron chi connectivity index (χ1n) is 6.59. The average Bonchev–Trinajstić information content (AvgIpc) is 2.58. The van der Waals surface area contributed by atoms with Gasteiger partial charge in [-0.25, -0.2) is 0 Å². The van der Waals surface area contributed by atoms with Gasteiger partial charge in [-0.2, -0.15) is 0 Å². The Morgan fingerprint density at radius 3 is 2.53 bits per heavy atom. The van der Waals surface area contributed by atoms with Crippen molar-refractivity contribution in [3.05, 3.63) is 0 Å². The molecule has 2 unspecified atom stereocenters. The van der Waals surface area contributed by atoms with Gasteiger partial charge in [0.15, 0.2) is 0 Å². The van der Waals surface area contributed by atoms with Gasteiger partial charge in [0.25, 0.3) is 0 Å². The summed E-state index contributed by atoms with van der Waals surface area (Å²) in [7, 11) is 0. The zero-order chi connectivity index (χ0) is 13.0. The van der Waals surface area contributed by atoms with E-state index in [0.29, 0.717) is 37.4 Å². The summed E-state index contributed by atoms with van der Waals surface area (Å²) in [6.07, 6.45) is 0.175. The number of aliphatic hydroxyl groups is 1. The molecule has 100 valence electrons. The number of hydrogen-bond acceptors (Lipinski definition) is 3. The molecule has 0 aromatic rings. The predicted molar refractivity (Wildman–Crippen MR) is 68.7 cm³/mol. The number of carbonyl (C=O) groups is 1. The Kier molecular flexibility index (Phi) is 5.40. The number of aliphatic hydroxyl groups excluding tert-OH is 1. The molecule has 2 N–H and O–H groups in total. The zero-order valence-electron chi connectivity index (χ0n) is 11.4. The van der Waals surface area contributed by atoms with Crippen molar-refractivity contribution >= 4 is 5.91 Å². The van der Waals surface area contributed by atoms with E-state index < -0.39 is 6.10 Å². The van der Waals surface area contributed by atoms with Gasteiger partial charge in [0, 0.05) is 32.1 Å². The molecule has 0 saturated carbocycles. The first-order valence-corrected chi connectivity index (χ1v) is 6.59. The van der Waals surface area contributed by atoms with E-state index in [4.69, 9.17) is 0 Å². The van der Waals surface area contributed by atoms with Crippen molar-refractivity contribution in [1.29, 1.82) is 0 Å². The van der Waals surface area contributed by atoms with Crippen LogP contribution in [0.2, 0.25) is 0 Å². The summed E-state index contributed by atoms with van der Waals surface area (Å²) in [5.74, 6) is 1.18. The third-order valence-electron chi connectivity index (χ3n) is 3.38. The smallest absolute Gasteiger partial charge is 0.223 e. The standard InChI is InChI=1S/C13H26N2O2/c1-9(2)11-5-13(17)15(7-11)8-12(16)6-14-10(3)4/h9-12,14,16H,5-8H2,1-4H3. The van der Waals surface area contributed by atoms with Crippen LogP contribution < -0.4 is 5.32 Å². The van der Waals surface area contributed by atoms with Gasteiger partial charge in [0.2, 0.25) is 5.91 Å². The van der Waals surface area contributed by atoms with E-state index in [0.717, 1.165) is 6.54 Å². The monoisotopic (exact) mass is 242 g/mol. The second-order valence-electron chi connectivity index (χ2n) is 5.72. The van der Waals surface area contributed by atoms with Crippen LogP contribution in [0.5, 0.6) is 0 Å². The van der Waals surface area contributed by atoms with Crippen molar-refractivity contribution in [2.24, 2.45) is 11.8 Å². The maximum Gasteiger partial charge on any atom is 0.223 e. The molecule has 1 aliphatic rings. The van der Waals surface area contributed by atoms with Gasteiger partial charge in [0.05, 0.1) is 6.10 Å². The molecule has 4 nitrogen and oxygen atoms in total. The van der Waals surface area contributed by atoms with Crippen LogP contribution in [0.3, 0.4) is 0 Å². The van der Waals surface area contributed by atoms with Crippen LogP contribution in [-0.4, -0.2) is 47.7 Å². The van der Waals surface area contributed by atoms with E-state index in [2.05, 4.69) is 19.2 Å². The minimum absolute atomic E-state index is 0.187. The van der Waals surface area contributed by atoms with E-state index in [1.165, 1.54) is 0 Å². The molecule has 17 heavy (non-hydrogen) atoms. The first-order chi connectivity index (χ1) is 7.90. The summed E-state index contributed by atoms with van der Waals surface area (Å²) in [4.78, 5) is 13.6. The SMILES string of the molecule is CC(C)NCC(O)CN1CC(C(C)C)CC1=O. The van der Waals surface area contributed by atoms with Crippen molar-refractivity contribution in [1.82, 2.24) is 10.2 Å². The minimum Gasteiger partial charge on any atom is -0.390 e. The number of carbonyl (C=O) groups excluding carboxylic acids is 1. The molecule has 1 heterocycles. The van der Waals surface area contributed by atoms with Gasteiger partial charge >= 0.3 is 0 Å². The number of likely N-dealkylation sites (tertiary alicyclic amines) is 1. The van der Waals surface area contributed by atoms with Gasteiger partial charge in [0.1, 0.15) is 0 Å². The van der Waals surface area contributed by atoms with Gasteiger partial charge < -0.3 is 15.3 Å². The summed E-state index contributed by atoms with van der Waals surface area (Å²) in [5.41, 5.74) is 0. The summed E-state index contributed by atoms with van der Waals surface area (Å²) < 4.78 is 0. The molecule has 0 spiro atoms. The Morgan fingerprint density at radius 1 is 1.41 bits per heavy atom. The largest absolute Gasteiger partial charge is 0.390 e. The highest BCUT2D eigenvalue weighted by Gasteiger charge is 2.32. The van der Waals surface area contributed by atoms with Crippen LogP contribution in [0.4, 0.5) is 0 Å². The number of hydrogen-bond donors (Lipinski definition) is 2. The quantitative estimate of drug-likeness (QED) is 0.726. The molecule has 1 saturated heterocycles. The van der Waals surface area contributed by atoms with E-state index in [9.17, 15) is 9.90 Å². The fraction of sp³-hybridized carbons (Fsp3) is 0.923. The molecular weight excluding hydrogens is 216 g/mol. The summed E-state index contributed by atoms with van der Waals surface area (Å²) in [5, 5.41) is 13.0. The zero-order valence-corrected chi connectivity index (χ0v) is 11.4. The lowest BCUT2D eigenvalue weighted by atomic mass is 9.95. The Bertz CT molecular complexity index is 254. The highest BCUT2D eigenvalue weighted by molar-refractivity contribution is 5.78. The molecule has 1 rings (SSSR count). The van der Waals surface area contributed by atoms with Crippen molar-refractivity contribution in [2.45, 2.75) is 46.3 Å². The van der Waals surface area contributed by atoms with Crippen molar-refractivity contribution < 1.29 is 9.90 Å². The Hall–Kier alpha value is -0.610. The minimum atomic E-state index is -0.465.